The van der Waals surface area contributed by atoms with E-state index in [1.54, 1.807) is 7.11 Å². The summed E-state index contributed by atoms with van der Waals surface area (Å²) in [5.41, 5.74) is 0. The van der Waals surface area contributed by atoms with Gasteiger partial charge in [0, 0.05) is 7.11 Å². The molecule has 0 saturated carbocycles. The van der Waals surface area contributed by atoms with Gasteiger partial charge in [0.2, 0.25) is 0 Å². The Morgan fingerprint density at radius 3 is 1.67 bits per heavy atom. The van der Waals surface area contributed by atoms with Gasteiger partial charge in [-0.25, -0.2) is 0 Å². The highest BCUT2D eigenvalue weighted by atomic mass is 31.2. The van der Waals surface area contributed by atoms with Crippen LogP contribution in [-0.2, 0) is 4.74 Å². The molecule has 0 bridgehead atoms. The van der Waals surface area contributed by atoms with Crippen molar-refractivity contribution in [2.24, 2.45) is 0 Å². The largest absolute Gasteiger partial charge is 0.381 e. The second-order valence-electron chi connectivity index (χ2n) is 4.58. The zero-order valence-corrected chi connectivity index (χ0v) is 11.9. The Labute approximate surface area is 110 Å². The third-order valence-corrected chi connectivity index (χ3v) is 7.35. The van der Waals surface area contributed by atoms with Crippen molar-refractivity contribution in [3.63, 3.8) is 0 Å². The molecule has 0 spiro atoms. The summed E-state index contributed by atoms with van der Waals surface area (Å²) < 4.78 is 5.31. The average molecular weight is 259 g/mol. The summed E-state index contributed by atoms with van der Waals surface area (Å²) in [6.45, 7) is 3.21. The predicted molar refractivity (Wildman–Crippen MR) is 81.7 cm³/mol. The topological polar surface area (TPSA) is 9.23 Å². The lowest BCUT2D eigenvalue weighted by Gasteiger charge is -2.22. The zero-order chi connectivity index (χ0) is 12.8. The normalized spacial score (nSPS) is 11.4. The van der Waals surface area contributed by atoms with Crippen LogP contribution in [0.25, 0.3) is 0 Å². The first-order valence-corrected chi connectivity index (χ1v) is 8.65. The molecule has 0 aromatic heterocycles. The van der Waals surface area contributed by atoms with Crippen molar-refractivity contribution < 1.29 is 4.74 Å². The molecule has 0 N–H and O–H groups in total. The highest BCUT2D eigenvalue weighted by Crippen LogP contribution is 2.52. The smallest absolute Gasteiger partial charge is 0.0989 e. The molecule has 0 fully saturated rings. The van der Waals surface area contributed by atoms with Crippen LogP contribution in [0.15, 0.2) is 60.7 Å². The summed E-state index contributed by atoms with van der Waals surface area (Å²) in [4.78, 5) is 0. The molecule has 94 valence electrons. The molecule has 2 heteroatoms. The Kier molecular flexibility index (Phi) is 4.52. The fraction of sp³-hybridized carbons (Fsp3) is 0.250. The second kappa shape index (κ2) is 6.13. The van der Waals surface area contributed by atoms with Crippen LogP contribution >= 0.6 is 7.26 Å². The van der Waals surface area contributed by atoms with E-state index < -0.39 is 7.26 Å². The van der Waals surface area contributed by atoms with Gasteiger partial charge < -0.3 is 4.74 Å². The van der Waals surface area contributed by atoms with Crippen LogP contribution in [0.1, 0.15) is 0 Å². The lowest BCUT2D eigenvalue weighted by Crippen LogP contribution is -2.25. The lowest BCUT2D eigenvalue weighted by atomic mass is 10.4. The van der Waals surface area contributed by atoms with Gasteiger partial charge in [0.05, 0.1) is 37.3 Å². The molecule has 1 nitrogen and oxygen atoms in total. The van der Waals surface area contributed by atoms with Crippen LogP contribution in [0.2, 0.25) is 0 Å². The number of hydrogen-bond acceptors (Lipinski definition) is 1. The van der Waals surface area contributed by atoms with Crippen molar-refractivity contribution in [2.75, 3.05) is 26.5 Å². The molecule has 0 saturated heterocycles. The monoisotopic (exact) mass is 259 g/mol. The quantitative estimate of drug-likeness (QED) is 0.750. The van der Waals surface area contributed by atoms with Gasteiger partial charge in [-0.3, -0.25) is 0 Å². The Hall–Kier alpha value is -1.17. The predicted octanol–water partition coefficient (Wildman–Crippen LogP) is 2.93. The van der Waals surface area contributed by atoms with E-state index in [1.165, 1.54) is 10.6 Å². The van der Waals surface area contributed by atoms with Crippen LogP contribution < -0.4 is 10.6 Å². The van der Waals surface area contributed by atoms with Crippen molar-refractivity contribution in [2.45, 2.75) is 0 Å². The number of methoxy groups -OCH3 is 1. The summed E-state index contributed by atoms with van der Waals surface area (Å²) >= 11 is 0. The van der Waals surface area contributed by atoms with Gasteiger partial charge in [-0.15, -0.1) is 0 Å². The molecule has 0 aliphatic carbocycles. The summed E-state index contributed by atoms with van der Waals surface area (Å²) in [6.07, 6.45) is 1.09. The standard InChI is InChI=1S/C16H20OP/c1-17-13-14-18(2,15-9-5-3-6-10-15)16-11-7-4-8-12-16/h3-12H,13-14H2,1-2H3/q+1. The zero-order valence-electron chi connectivity index (χ0n) is 11.0. The van der Waals surface area contributed by atoms with Gasteiger partial charge in [-0.1, -0.05) is 36.4 Å². The van der Waals surface area contributed by atoms with Crippen LogP contribution in [0, 0.1) is 0 Å². The number of benzene rings is 2. The molecule has 0 amide bonds. The van der Waals surface area contributed by atoms with Crippen LogP contribution in [0.4, 0.5) is 0 Å². The molecule has 0 aliphatic heterocycles. The molecule has 0 unspecified atom stereocenters. The molecule has 2 aromatic carbocycles. The molecule has 0 aliphatic rings. The number of ether oxygens (including phenoxy) is 1. The van der Waals surface area contributed by atoms with Crippen molar-refractivity contribution in [3.05, 3.63) is 60.7 Å². The SMILES string of the molecule is COCC[P+](C)(c1ccccc1)c1ccccc1. The van der Waals surface area contributed by atoms with E-state index >= 15 is 0 Å². The van der Waals surface area contributed by atoms with Gasteiger partial charge in [0.1, 0.15) is 0 Å². The summed E-state index contributed by atoms with van der Waals surface area (Å²) in [7, 11) is 0.463. The van der Waals surface area contributed by atoms with E-state index in [1.807, 2.05) is 0 Å². The molecule has 0 heterocycles. The van der Waals surface area contributed by atoms with Crippen molar-refractivity contribution >= 4 is 17.9 Å². The van der Waals surface area contributed by atoms with E-state index in [2.05, 4.69) is 67.3 Å². The van der Waals surface area contributed by atoms with Gasteiger partial charge >= 0.3 is 0 Å². The number of hydrogen-bond donors (Lipinski definition) is 0. The molecule has 2 rings (SSSR count). The van der Waals surface area contributed by atoms with Crippen molar-refractivity contribution in [1.82, 2.24) is 0 Å². The molecule has 18 heavy (non-hydrogen) atoms. The van der Waals surface area contributed by atoms with E-state index in [-0.39, 0.29) is 0 Å². The van der Waals surface area contributed by atoms with Crippen LogP contribution in [0.3, 0.4) is 0 Å². The minimum atomic E-state index is -1.32. The van der Waals surface area contributed by atoms with Crippen LogP contribution in [0.5, 0.6) is 0 Å². The first kappa shape index (κ1) is 13.3. The third kappa shape index (κ3) is 2.80. The summed E-state index contributed by atoms with van der Waals surface area (Å²) in [5.74, 6) is 0. The maximum Gasteiger partial charge on any atom is 0.0989 e. The maximum absolute atomic E-state index is 5.31. The highest BCUT2D eigenvalue weighted by molar-refractivity contribution is 7.88. The lowest BCUT2D eigenvalue weighted by molar-refractivity contribution is 0.218. The fourth-order valence-electron chi connectivity index (χ4n) is 2.20. The minimum Gasteiger partial charge on any atom is -0.381 e. The van der Waals surface area contributed by atoms with Gasteiger partial charge in [0.15, 0.2) is 0 Å². The number of rotatable bonds is 5. The molecule has 0 atom stereocenters. The first-order valence-electron chi connectivity index (χ1n) is 6.23. The first-order chi connectivity index (χ1) is 8.77. The van der Waals surface area contributed by atoms with Gasteiger partial charge in [0.25, 0.3) is 0 Å². The molecule has 0 radical (unpaired) electrons. The second-order valence-corrected chi connectivity index (χ2v) is 8.44. The van der Waals surface area contributed by atoms with Crippen molar-refractivity contribution in [1.29, 1.82) is 0 Å². The summed E-state index contributed by atoms with van der Waals surface area (Å²) in [5, 5.41) is 2.90. The van der Waals surface area contributed by atoms with Crippen LogP contribution in [-0.4, -0.2) is 26.5 Å². The van der Waals surface area contributed by atoms with E-state index in [0.717, 1.165) is 12.8 Å². The molecular formula is C16H20OP+. The molecule has 2 aromatic rings. The van der Waals surface area contributed by atoms with Gasteiger partial charge in [-0.2, -0.15) is 0 Å². The summed E-state index contributed by atoms with van der Waals surface area (Å²) in [6, 6.07) is 21.7. The Balaban J connectivity index is 2.41. The molecular weight excluding hydrogens is 239 g/mol. The Morgan fingerprint density at radius 2 is 1.28 bits per heavy atom. The van der Waals surface area contributed by atoms with E-state index in [9.17, 15) is 0 Å². The highest BCUT2D eigenvalue weighted by Gasteiger charge is 2.36. The van der Waals surface area contributed by atoms with Crippen molar-refractivity contribution in [3.8, 4) is 0 Å². The Morgan fingerprint density at radius 1 is 0.833 bits per heavy atom. The van der Waals surface area contributed by atoms with Gasteiger partial charge in [-0.05, 0) is 24.3 Å². The van der Waals surface area contributed by atoms with E-state index in [0.29, 0.717) is 0 Å². The fourth-order valence-corrected chi connectivity index (χ4v) is 5.22. The minimum absolute atomic E-state index is 0.814. The average Bonchev–Trinajstić information content (AvgIpc) is 2.46. The maximum atomic E-state index is 5.31. The Bertz CT molecular complexity index is 427. The third-order valence-electron chi connectivity index (χ3n) is 3.39. The van der Waals surface area contributed by atoms with E-state index in [4.69, 9.17) is 4.74 Å².